The fourth-order valence-electron chi connectivity index (χ4n) is 2.92. The van der Waals surface area contributed by atoms with Crippen molar-refractivity contribution in [2.24, 2.45) is 0 Å². The Morgan fingerprint density at radius 3 is 2.56 bits per heavy atom. The van der Waals surface area contributed by atoms with Gasteiger partial charge in [-0.2, -0.15) is 0 Å². The van der Waals surface area contributed by atoms with Crippen LogP contribution in [0.2, 0.25) is 5.02 Å². The number of hydrogen-bond acceptors (Lipinski definition) is 8. The molecule has 2 aromatic rings. The van der Waals surface area contributed by atoms with E-state index in [9.17, 15) is 29.6 Å². The van der Waals surface area contributed by atoms with Gasteiger partial charge in [-0.3, -0.25) is 19.7 Å². The predicted octanol–water partition coefficient (Wildman–Crippen LogP) is -1.74. The number of carboxylic acid groups (broad SMARTS) is 1. The van der Waals surface area contributed by atoms with E-state index in [1.54, 1.807) is 6.20 Å². The van der Waals surface area contributed by atoms with Crippen molar-refractivity contribution in [3.05, 3.63) is 62.8 Å². The quantitative estimate of drug-likeness (QED) is 0.134. The van der Waals surface area contributed by atoms with Crippen molar-refractivity contribution in [2.75, 3.05) is 18.4 Å². The molecule has 34 heavy (non-hydrogen) atoms. The number of pyridine rings is 1. The summed E-state index contributed by atoms with van der Waals surface area (Å²) in [6.07, 6.45) is 1.73. The Hall–Kier alpha value is -2.73. The Morgan fingerprint density at radius 1 is 1.18 bits per heavy atom. The third kappa shape index (κ3) is 10.0. The number of nitrogens with one attached hydrogen (secondary N) is 3. The van der Waals surface area contributed by atoms with E-state index >= 15 is 0 Å². The van der Waals surface area contributed by atoms with Crippen molar-refractivity contribution in [1.29, 1.82) is 0 Å². The fraction of sp³-hybridized carbons (Fsp3) is 0.333. The zero-order valence-corrected chi connectivity index (χ0v) is 21.6. The average Bonchev–Trinajstić information content (AvgIpc) is 2.75. The van der Waals surface area contributed by atoms with Gasteiger partial charge in [0, 0.05) is 37.6 Å². The van der Waals surface area contributed by atoms with Gasteiger partial charge in [0.1, 0.15) is 10.8 Å². The largest absolute Gasteiger partial charge is 1.00 e. The van der Waals surface area contributed by atoms with Crippen molar-refractivity contribution in [2.45, 2.75) is 32.2 Å². The number of hydrogen-bond donors (Lipinski definition) is 3. The van der Waals surface area contributed by atoms with E-state index in [1.807, 2.05) is 19.1 Å². The molecule has 0 saturated heterocycles. The van der Waals surface area contributed by atoms with Gasteiger partial charge >= 0.3 is 29.6 Å². The molecule has 1 aromatic heterocycles. The summed E-state index contributed by atoms with van der Waals surface area (Å²) in [5.41, 5.74) is 0.807. The molecule has 0 fully saturated rings. The second-order valence-corrected chi connectivity index (χ2v) is 7.60. The van der Waals surface area contributed by atoms with Crippen molar-refractivity contribution >= 4 is 40.9 Å². The van der Waals surface area contributed by atoms with Crippen LogP contribution >= 0.6 is 11.6 Å². The summed E-state index contributed by atoms with van der Waals surface area (Å²) in [6.45, 7) is 2.07. The van der Waals surface area contributed by atoms with Crippen LogP contribution in [0, 0.1) is 17.0 Å². The molecular formula is C21H23ClN5NaO6. The monoisotopic (exact) mass is 499 g/mol. The van der Waals surface area contributed by atoms with Gasteiger partial charge in [0.05, 0.1) is 17.5 Å². The normalized spacial score (nSPS) is 11.0. The van der Waals surface area contributed by atoms with Crippen LogP contribution in [0.15, 0.2) is 36.5 Å². The Bertz CT molecular complexity index is 1040. The Kier molecular flexibility index (Phi) is 12.5. The topological polar surface area (TPSA) is 166 Å². The number of halogens is 1. The Morgan fingerprint density at radius 2 is 1.91 bits per heavy atom. The van der Waals surface area contributed by atoms with Crippen molar-refractivity contribution in [3.8, 4) is 0 Å². The number of aromatic nitrogens is 1. The molecule has 1 atom stereocenters. The van der Waals surface area contributed by atoms with Gasteiger partial charge in [-0.05, 0) is 42.7 Å². The van der Waals surface area contributed by atoms with E-state index in [0.717, 1.165) is 11.6 Å². The standard InChI is InChI=1S/C21H24ClN5O6.Na/c1-13-6-8-24-18(9-13)23-7-2-3-19(28)25-12-20(29)26-16(11-21(30)31)14-4-5-15(22)17(10-14)27(32)33;/h4-6,8-10,16H,2-3,7,11-12H2,1H3,(H,23,24)(H,25,28)(H,26,29)(H,30,31);/q;+1/p-1. The van der Waals surface area contributed by atoms with Crippen LogP contribution in [-0.2, 0) is 14.4 Å². The van der Waals surface area contributed by atoms with Gasteiger partial charge in [0.15, 0.2) is 0 Å². The molecule has 3 N–H and O–H groups in total. The van der Waals surface area contributed by atoms with Crippen LogP contribution in [0.5, 0.6) is 0 Å². The summed E-state index contributed by atoms with van der Waals surface area (Å²) in [5, 5.41) is 30.0. The molecule has 13 heteroatoms. The minimum absolute atomic E-state index is 0. The smallest absolute Gasteiger partial charge is 0.550 e. The van der Waals surface area contributed by atoms with Gasteiger partial charge in [-0.25, -0.2) is 4.98 Å². The first kappa shape index (κ1) is 29.3. The summed E-state index contributed by atoms with van der Waals surface area (Å²) >= 11 is 5.77. The maximum Gasteiger partial charge on any atom is 1.00 e. The molecule has 176 valence electrons. The fourth-order valence-corrected chi connectivity index (χ4v) is 3.10. The van der Waals surface area contributed by atoms with Crippen LogP contribution in [-0.4, -0.2) is 40.8 Å². The van der Waals surface area contributed by atoms with E-state index < -0.39 is 34.9 Å². The molecule has 0 aliphatic rings. The third-order valence-corrected chi connectivity index (χ3v) is 4.84. The number of nitrogens with zero attached hydrogens (tertiary/aromatic N) is 2. The number of anilines is 1. The molecule has 1 heterocycles. The maximum absolute atomic E-state index is 12.2. The zero-order chi connectivity index (χ0) is 24.4. The van der Waals surface area contributed by atoms with Crippen LogP contribution in [0.3, 0.4) is 0 Å². The SMILES string of the molecule is Cc1ccnc(NCCCC(=O)NCC(=O)NC(CC(=O)[O-])c2ccc(Cl)c([N+](=O)[O-])c2)c1.[Na+]. The number of aryl methyl sites for hydroxylation is 1. The average molecular weight is 500 g/mol. The number of nitro groups is 1. The van der Waals surface area contributed by atoms with Crippen LogP contribution in [0.1, 0.15) is 36.4 Å². The number of rotatable bonds is 12. The molecule has 0 saturated carbocycles. The number of nitro benzene ring substituents is 1. The van der Waals surface area contributed by atoms with Gasteiger partial charge < -0.3 is 25.9 Å². The molecule has 2 rings (SSSR count). The second kappa shape index (κ2) is 14.5. The molecule has 0 radical (unpaired) electrons. The summed E-state index contributed by atoms with van der Waals surface area (Å²) in [5.74, 6) is -1.77. The molecular weight excluding hydrogens is 477 g/mol. The molecule has 0 aliphatic heterocycles. The third-order valence-electron chi connectivity index (χ3n) is 4.52. The van der Waals surface area contributed by atoms with Crippen LogP contribution < -0.4 is 50.6 Å². The molecule has 2 amide bonds. The van der Waals surface area contributed by atoms with Gasteiger partial charge in [0.25, 0.3) is 5.69 Å². The van der Waals surface area contributed by atoms with Gasteiger partial charge in [-0.1, -0.05) is 17.7 Å². The van der Waals surface area contributed by atoms with Crippen LogP contribution in [0.4, 0.5) is 11.5 Å². The van der Waals surface area contributed by atoms with Crippen molar-refractivity contribution in [1.82, 2.24) is 15.6 Å². The summed E-state index contributed by atoms with van der Waals surface area (Å²) < 4.78 is 0. The van der Waals surface area contributed by atoms with E-state index in [4.69, 9.17) is 11.6 Å². The Labute approximate surface area is 223 Å². The number of carboxylic acids is 1. The molecule has 1 unspecified atom stereocenters. The maximum atomic E-state index is 12.2. The van der Waals surface area contributed by atoms with E-state index in [2.05, 4.69) is 20.9 Å². The van der Waals surface area contributed by atoms with E-state index in [0.29, 0.717) is 18.8 Å². The first-order chi connectivity index (χ1) is 15.7. The number of carbonyl (C=O) groups excluding carboxylic acids is 3. The summed E-state index contributed by atoms with van der Waals surface area (Å²) in [7, 11) is 0. The number of aliphatic carboxylic acids is 1. The summed E-state index contributed by atoms with van der Waals surface area (Å²) in [4.78, 5) is 49.8. The number of benzene rings is 1. The van der Waals surface area contributed by atoms with E-state index in [1.165, 1.54) is 12.1 Å². The predicted molar refractivity (Wildman–Crippen MR) is 118 cm³/mol. The minimum atomic E-state index is -1.46. The summed E-state index contributed by atoms with van der Waals surface area (Å²) in [6, 6.07) is 6.35. The van der Waals surface area contributed by atoms with Crippen LogP contribution in [0.25, 0.3) is 0 Å². The van der Waals surface area contributed by atoms with Gasteiger partial charge in [-0.15, -0.1) is 0 Å². The minimum Gasteiger partial charge on any atom is -0.550 e. The zero-order valence-electron chi connectivity index (χ0n) is 18.8. The molecule has 0 aliphatic carbocycles. The first-order valence-corrected chi connectivity index (χ1v) is 10.4. The molecule has 11 nitrogen and oxygen atoms in total. The van der Waals surface area contributed by atoms with E-state index in [-0.39, 0.29) is 59.0 Å². The van der Waals surface area contributed by atoms with Crippen molar-refractivity contribution in [3.63, 3.8) is 0 Å². The van der Waals surface area contributed by atoms with Crippen molar-refractivity contribution < 1.29 is 54.0 Å². The molecule has 1 aromatic carbocycles. The number of carbonyl (C=O) groups is 3. The molecule has 0 bridgehead atoms. The number of amides is 2. The first-order valence-electron chi connectivity index (χ1n) is 10.0. The molecule has 0 spiro atoms. The van der Waals surface area contributed by atoms with Gasteiger partial charge in [0.2, 0.25) is 11.8 Å². The Balaban J connectivity index is 0.00000578. The second-order valence-electron chi connectivity index (χ2n) is 7.19.